The van der Waals surface area contributed by atoms with Gasteiger partial charge in [0, 0.05) is 0 Å². The summed E-state index contributed by atoms with van der Waals surface area (Å²) in [6, 6.07) is 11.3. The summed E-state index contributed by atoms with van der Waals surface area (Å²) >= 11 is 1.32. The zero-order valence-corrected chi connectivity index (χ0v) is 22.2. The van der Waals surface area contributed by atoms with E-state index < -0.39 is 5.91 Å². The Labute approximate surface area is 220 Å². The minimum Gasteiger partial charge on any atom is -0.493 e. The molecular weight excluding hydrogens is 492 g/mol. The minimum atomic E-state index is -0.464. The number of thioether (sulfide) groups is 1. The van der Waals surface area contributed by atoms with Gasteiger partial charge in [-0.05, 0) is 79.1 Å². The summed E-state index contributed by atoms with van der Waals surface area (Å²) in [6.45, 7) is 7.73. The van der Waals surface area contributed by atoms with Crippen molar-refractivity contribution in [1.82, 2.24) is 5.01 Å². The van der Waals surface area contributed by atoms with Gasteiger partial charge >= 0.3 is 0 Å². The first kappa shape index (κ1) is 26.4. The maximum Gasteiger partial charge on any atom is 0.283 e. The van der Waals surface area contributed by atoms with Gasteiger partial charge in [0.05, 0.1) is 25.9 Å². The van der Waals surface area contributed by atoms with Crippen molar-refractivity contribution in [1.29, 1.82) is 5.41 Å². The molecule has 37 heavy (non-hydrogen) atoms. The molecular formula is C27H30N4O5S. The van der Waals surface area contributed by atoms with Gasteiger partial charge in [-0.1, -0.05) is 19.1 Å². The normalized spacial score (nSPS) is 16.0. The van der Waals surface area contributed by atoms with Gasteiger partial charge in [0.25, 0.3) is 5.91 Å². The van der Waals surface area contributed by atoms with Crippen molar-refractivity contribution in [3.8, 4) is 17.2 Å². The Kier molecular flexibility index (Phi) is 8.62. The van der Waals surface area contributed by atoms with Gasteiger partial charge in [-0.25, -0.2) is 0 Å². The SMILES string of the molecule is CCC1=NN2C(=N)C(=Cc3ccc(OCCOCCOc4ccc(C)c(C)c4)c(OC)c3)C(=O)N=C2S1. The Bertz CT molecular complexity index is 1290. The summed E-state index contributed by atoms with van der Waals surface area (Å²) in [4.78, 5) is 16.7. The van der Waals surface area contributed by atoms with E-state index in [4.69, 9.17) is 24.4 Å². The number of fused-ring (bicyclic) bond motifs is 1. The van der Waals surface area contributed by atoms with Gasteiger partial charge < -0.3 is 18.9 Å². The van der Waals surface area contributed by atoms with Crippen LogP contribution in [0.1, 0.15) is 30.0 Å². The molecule has 0 radical (unpaired) electrons. The van der Waals surface area contributed by atoms with E-state index in [1.54, 1.807) is 31.4 Å². The van der Waals surface area contributed by atoms with Gasteiger partial charge in [0.15, 0.2) is 17.3 Å². The fourth-order valence-corrected chi connectivity index (χ4v) is 4.39. The number of amidine groups is 2. The number of hydrogen-bond donors (Lipinski definition) is 1. The second-order valence-corrected chi connectivity index (χ2v) is 9.37. The summed E-state index contributed by atoms with van der Waals surface area (Å²) in [5.74, 6) is 1.43. The van der Waals surface area contributed by atoms with Crippen LogP contribution >= 0.6 is 11.8 Å². The predicted molar refractivity (Wildman–Crippen MR) is 146 cm³/mol. The number of hydrogen-bond acceptors (Lipinski definition) is 8. The number of carbonyl (C=O) groups excluding carboxylic acids is 1. The van der Waals surface area contributed by atoms with Gasteiger partial charge in [0.1, 0.15) is 24.0 Å². The molecule has 1 N–H and O–H groups in total. The summed E-state index contributed by atoms with van der Waals surface area (Å²) in [5, 5.41) is 15.4. The molecule has 2 aromatic carbocycles. The Hall–Kier alpha value is -3.63. The first-order valence-electron chi connectivity index (χ1n) is 12.0. The maximum atomic E-state index is 12.6. The summed E-state index contributed by atoms with van der Waals surface area (Å²) in [6.07, 6.45) is 2.32. The molecule has 2 aliphatic heterocycles. The Balaban J connectivity index is 1.29. The van der Waals surface area contributed by atoms with Crippen LogP contribution in [0.3, 0.4) is 0 Å². The molecule has 4 rings (SSSR count). The third-order valence-electron chi connectivity index (χ3n) is 5.76. The third-order valence-corrected chi connectivity index (χ3v) is 6.81. The molecule has 1 amide bonds. The van der Waals surface area contributed by atoms with E-state index in [1.807, 2.05) is 25.1 Å². The van der Waals surface area contributed by atoms with Crippen LogP contribution in [0.25, 0.3) is 6.08 Å². The van der Waals surface area contributed by atoms with Crippen LogP contribution in [0.5, 0.6) is 17.2 Å². The van der Waals surface area contributed by atoms with E-state index in [0.717, 1.165) is 10.8 Å². The number of aryl methyl sites for hydroxylation is 2. The lowest BCUT2D eigenvalue weighted by Crippen LogP contribution is -2.35. The second-order valence-electron chi connectivity index (χ2n) is 8.33. The van der Waals surface area contributed by atoms with E-state index in [1.165, 1.54) is 27.9 Å². The van der Waals surface area contributed by atoms with Crippen molar-refractivity contribution < 1.29 is 23.7 Å². The zero-order valence-electron chi connectivity index (χ0n) is 21.4. The minimum absolute atomic E-state index is 0.00360. The van der Waals surface area contributed by atoms with Crippen molar-refractivity contribution >= 4 is 39.8 Å². The molecule has 2 aromatic rings. The molecule has 10 heteroatoms. The van der Waals surface area contributed by atoms with E-state index in [0.29, 0.717) is 55.1 Å². The number of ether oxygens (including phenoxy) is 4. The van der Waals surface area contributed by atoms with E-state index in [-0.39, 0.29) is 11.4 Å². The molecule has 0 unspecified atom stereocenters. The molecule has 2 heterocycles. The highest BCUT2D eigenvalue weighted by atomic mass is 32.2. The Morgan fingerprint density at radius 3 is 2.51 bits per heavy atom. The largest absolute Gasteiger partial charge is 0.493 e. The fraction of sp³-hybridized carbons (Fsp3) is 0.333. The molecule has 194 valence electrons. The number of nitrogens with zero attached hydrogens (tertiary/aromatic N) is 3. The van der Waals surface area contributed by atoms with Crippen molar-refractivity contribution in [3.05, 3.63) is 58.7 Å². The monoisotopic (exact) mass is 522 g/mol. The molecule has 0 fully saturated rings. The summed E-state index contributed by atoms with van der Waals surface area (Å²) in [5.41, 5.74) is 3.27. The van der Waals surface area contributed by atoms with Crippen LogP contribution in [0.4, 0.5) is 0 Å². The fourth-order valence-electron chi connectivity index (χ4n) is 3.57. The predicted octanol–water partition coefficient (Wildman–Crippen LogP) is 4.82. The summed E-state index contributed by atoms with van der Waals surface area (Å²) < 4.78 is 22.6. The first-order valence-corrected chi connectivity index (χ1v) is 12.8. The molecule has 0 atom stereocenters. The highest BCUT2D eigenvalue weighted by molar-refractivity contribution is 8.26. The number of nitrogens with one attached hydrogen (secondary N) is 1. The number of hydrazone groups is 1. The number of benzene rings is 2. The Morgan fingerprint density at radius 1 is 1.00 bits per heavy atom. The third kappa shape index (κ3) is 6.39. The maximum absolute atomic E-state index is 12.6. The van der Waals surface area contributed by atoms with Crippen LogP contribution in [-0.2, 0) is 9.53 Å². The van der Waals surface area contributed by atoms with Crippen LogP contribution in [0.15, 0.2) is 52.1 Å². The van der Waals surface area contributed by atoms with Crippen molar-refractivity contribution in [3.63, 3.8) is 0 Å². The lowest BCUT2D eigenvalue weighted by molar-refractivity contribution is -0.114. The molecule has 0 spiro atoms. The average molecular weight is 523 g/mol. The number of aliphatic imine (C=N–C) groups is 1. The van der Waals surface area contributed by atoms with Gasteiger partial charge in [-0.2, -0.15) is 15.1 Å². The van der Waals surface area contributed by atoms with Gasteiger partial charge in [-0.15, -0.1) is 0 Å². The topological polar surface area (TPSA) is 106 Å². The van der Waals surface area contributed by atoms with Crippen LogP contribution in [0, 0.1) is 19.3 Å². The van der Waals surface area contributed by atoms with Crippen LogP contribution in [0.2, 0.25) is 0 Å². The number of amides is 1. The molecule has 9 nitrogen and oxygen atoms in total. The van der Waals surface area contributed by atoms with Gasteiger partial charge in [0.2, 0.25) is 5.17 Å². The standard InChI is InChI=1S/C27H30N4O5S/c1-5-24-30-31-25(28)21(26(32)29-27(31)37-24)15-19-7-9-22(23(16-19)33-4)36-13-11-34-10-12-35-20-8-6-17(2)18(3)14-20/h6-9,14-16,28H,5,10-13H2,1-4H3. The molecule has 0 aromatic heterocycles. The highest BCUT2D eigenvalue weighted by Gasteiger charge is 2.35. The second kappa shape index (κ2) is 12.1. The van der Waals surface area contributed by atoms with E-state index >= 15 is 0 Å². The summed E-state index contributed by atoms with van der Waals surface area (Å²) in [7, 11) is 1.55. The number of carbonyl (C=O) groups is 1. The molecule has 0 saturated heterocycles. The lowest BCUT2D eigenvalue weighted by Gasteiger charge is -2.20. The van der Waals surface area contributed by atoms with Crippen LogP contribution in [-0.4, -0.2) is 60.5 Å². The smallest absolute Gasteiger partial charge is 0.283 e. The van der Waals surface area contributed by atoms with Crippen LogP contribution < -0.4 is 14.2 Å². The number of rotatable bonds is 11. The molecule has 0 saturated carbocycles. The van der Waals surface area contributed by atoms with E-state index in [2.05, 4.69) is 23.9 Å². The average Bonchev–Trinajstić information content (AvgIpc) is 3.31. The van der Waals surface area contributed by atoms with Crippen molar-refractivity contribution in [2.75, 3.05) is 33.5 Å². The lowest BCUT2D eigenvalue weighted by atomic mass is 10.1. The van der Waals surface area contributed by atoms with Crippen molar-refractivity contribution in [2.24, 2.45) is 10.1 Å². The Morgan fingerprint density at radius 2 is 1.78 bits per heavy atom. The number of methoxy groups -OCH3 is 1. The molecule has 0 aliphatic carbocycles. The van der Waals surface area contributed by atoms with E-state index in [9.17, 15) is 4.79 Å². The highest BCUT2D eigenvalue weighted by Crippen LogP contribution is 2.32. The quantitative estimate of drug-likeness (QED) is 0.333. The van der Waals surface area contributed by atoms with Gasteiger partial charge in [-0.3, -0.25) is 10.2 Å². The van der Waals surface area contributed by atoms with Crippen molar-refractivity contribution in [2.45, 2.75) is 27.2 Å². The first-order chi connectivity index (χ1) is 17.9. The zero-order chi connectivity index (χ0) is 26.4. The molecule has 0 bridgehead atoms. The molecule has 2 aliphatic rings.